The topological polar surface area (TPSA) is 385 Å². The summed E-state index contributed by atoms with van der Waals surface area (Å²) < 4.78 is 0. The number of amides is 9. The Kier molecular flexibility index (Phi) is 22.1. The third kappa shape index (κ3) is 18.0. The summed E-state index contributed by atoms with van der Waals surface area (Å²) in [5.74, 6) is -7.85. The van der Waals surface area contributed by atoms with E-state index >= 15 is 0 Å². The van der Waals surface area contributed by atoms with Gasteiger partial charge in [-0.1, -0.05) is 75.2 Å². The van der Waals surface area contributed by atoms with Gasteiger partial charge in [-0.15, -0.1) is 0 Å². The van der Waals surface area contributed by atoms with E-state index in [1.54, 1.807) is 43.5 Å². The predicted molar refractivity (Wildman–Crippen MR) is 278 cm³/mol. The molecule has 3 heterocycles. The molecule has 8 atom stereocenters. The van der Waals surface area contributed by atoms with Gasteiger partial charge in [0.2, 0.25) is 53.2 Å². The fraction of sp³-hybridized carbons (Fsp3) is 0.471. The normalized spacial score (nSPS) is 21.6. The van der Waals surface area contributed by atoms with E-state index < -0.39 is 108 Å². The molecule has 75 heavy (non-hydrogen) atoms. The van der Waals surface area contributed by atoms with Crippen LogP contribution in [0.25, 0.3) is 10.9 Å². The van der Waals surface area contributed by atoms with Crippen LogP contribution in [0.4, 0.5) is 0 Å². The van der Waals surface area contributed by atoms with E-state index in [1.807, 2.05) is 31.2 Å². The molecule has 404 valence electrons. The minimum atomic E-state index is -1.58. The van der Waals surface area contributed by atoms with E-state index in [0.29, 0.717) is 29.7 Å². The summed E-state index contributed by atoms with van der Waals surface area (Å²) in [5.41, 5.74) is 19.5. The number of fused-ring (bicyclic) bond motifs is 1. The predicted octanol–water partition coefficient (Wildman–Crippen LogP) is -0.687. The second kappa shape index (κ2) is 28.8. The van der Waals surface area contributed by atoms with E-state index in [4.69, 9.17) is 17.2 Å². The molecule has 2 aromatic carbocycles. The minimum Gasteiger partial charge on any atom is -0.370 e. The lowest BCUT2D eigenvalue weighted by Gasteiger charge is -2.29. The lowest BCUT2D eigenvalue weighted by molar-refractivity contribution is -0.136. The molecule has 1 saturated heterocycles. The fourth-order valence-electron chi connectivity index (χ4n) is 8.71. The van der Waals surface area contributed by atoms with Crippen LogP contribution in [0, 0.1) is 0 Å². The molecule has 0 spiro atoms. The van der Waals surface area contributed by atoms with Crippen molar-refractivity contribution < 1.29 is 43.2 Å². The number of benzene rings is 2. The first-order valence-corrected chi connectivity index (χ1v) is 25.2. The number of carbonyl (C=O) groups is 9. The lowest BCUT2D eigenvalue weighted by Crippen LogP contribution is -2.61. The highest BCUT2D eigenvalue weighted by molar-refractivity contribution is 5.99. The third-order valence-electron chi connectivity index (χ3n) is 12.8. The zero-order valence-electron chi connectivity index (χ0n) is 42.5. The number of nitrogens with zero attached hydrogens (tertiary/aromatic N) is 2. The quantitative estimate of drug-likeness (QED) is 0.0355. The summed E-state index contributed by atoms with van der Waals surface area (Å²) in [6, 6.07) is 6.64. The van der Waals surface area contributed by atoms with Gasteiger partial charge in [0, 0.05) is 67.8 Å². The Labute approximate surface area is 434 Å². The zero-order chi connectivity index (χ0) is 54.4. The first kappa shape index (κ1) is 57.6. The summed E-state index contributed by atoms with van der Waals surface area (Å²) >= 11 is 0. The molecule has 24 heteroatoms. The minimum absolute atomic E-state index is 0.0352. The van der Waals surface area contributed by atoms with Gasteiger partial charge in [0.25, 0.3) is 0 Å². The average Bonchev–Trinajstić information content (AvgIpc) is 4.06. The number of carbonyl (C=O) groups excluding carboxylic acids is 9. The molecule has 0 unspecified atom stereocenters. The van der Waals surface area contributed by atoms with Crippen molar-refractivity contribution in [3.8, 4) is 0 Å². The smallest absolute Gasteiger partial charge is 0.243 e. The number of aromatic nitrogens is 3. The van der Waals surface area contributed by atoms with Gasteiger partial charge >= 0.3 is 0 Å². The molecule has 9 amide bonds. The van der Waals surface area contributed by atoms with Crippen LogP contribution in [0.15, 0.2) is 78.3 Å². The molecule has 4 aromatic rings. The molecule has 0 radical (unpaired) electrons. The Hall–Kier alpha value is -8.31. The van der Waals surface area contributed by atoms with Crippen LogP contribution in [-0.2, 0) is 56.0 Å². The summed E-state index contributed by atoms with van der Waals surface area (Å²) in [6.45, 7) is 4.98. The van der Waals surface area contributed by atoms with Crippen LogP contribution in [0.1, 0.15) is 101 Å². The number of aromatic amines is 2. The van der Waals surface area contributed by atoms with Crippen LogP contribution in [0.2, 0.25) is 0 Å². The van der Waals surface area contributed by atoms with Gasteiger partial charge in [-0.2, -0.15) is 0 Å². The Bertz CT molecular complexity index is 2620. The van der Waals surface area contributed by atoms with Crippen molar-refractivity contribution in [3.05, 3.63) is 90.1 Å². The summed E-state index contributed by atoms with van der Waals surface area (Å²) in [7, 11) is 0. The van der Waals surface area contributed by atoms with Gasteiger partial charge in [0.1, 0.15) is 42.3 Å². The molecule has 0 bridgehead atoms. The van der Waals surface area contributed by atoms with Crippen LogP contribution in [0.3, 0.4) is 0 Å². The monoisotopic (exact) mass is 1040 g/mol. The summed E-state index contributed by atoms with van der Waals surface area (Å²) in [6.07, 6.45) is 5.77. The number of guanidine groups is 1. The molecule has 5 rings (SSSR count). The molecule has 2 aromatic heterocycles. The number of hydrogen-bond donors (Lipinski definition) is 13. The highest BCUT2D eigenvalue weighted by Gasteiger charge is 2.37. The molecular weight excluding hydrogens is 967 g/mol. The van der Waals surface area contributed by atoms with Gasteiger partial charge in [0.05, 0.1) is 12.7 Å². The first-order chi connectivity index (χ1) is 35.9. The van der Waals surface area contributed by atoms with Crippen molar-refractivity contribution in [2.45, 2.75) is 140 Å². The number of hydrogen-bond acceptors (Lipinski definition) is 11. The number of primary amides is 1. The van der Waals surface area contributed by atoms with Crippen molar-refractivity contribution in [2.75, 3.05) is 13.1 Å². The van der Waals surface area contributed by atoms with E-state index in [1.165, 1.54) is 19.4 Å². The number of imidazole rings is 1. The highest BCUT2D eigenvalue weighted by atomic mass is 16.2. The van der Waals surface area contributed by atoms with E-state index in [-0.39, 0.29) is 70.4 Å². The molecule has 16 N–H and O–H groups in total. The number of para-hydroxylation sites is 1. The first-order valence-electron chi connectivity index (χ1n) is 25.2. The molecular formula is C51H71N15O9. The zero-order valence-corrected chi connectivity index (χ0v) is 42.5. The Morgan fingerprint density at radius 3 is 2.15 bits per heavy atom. The van der Waals surface area contributed by atoms with Gasteiger partial charge in [-0.05, 0) is 55.7 Å². The standard InChI is InChI=1S/C51H71N15O9/c1-4-5-17-37(60-30(3)67)45(70)65-41-25-42(68)56-21-12-11-19-36(44(52)69)61-50(75)43(29(2)34-27-58-35-18-10-9-16-33(34)35)66-46(71)38(20-13-22-57-51(53)54)62-47(72)39(23-31-14-7-6-8-15-31)63-48(73)40(64-49(41)74)24-32-26-55-28-59-32/h6-10,14-16,18,26-29,36-41,43,58H,4-5,11-13,17,19-25H2,1-3H3,(H2,52,69)(H,55,59)(H,56,68)(H,60,67)(H,61,75)(H,62,72)(H,63,73)(H,64,74)(H,65,70)(H,66,71)(H4,53,54,57)/t29-,36-,37-,38+,39+,40+,41+,43+/m0/s1. The number of nitrogens with one attached hydrogen (secondary N) is 10. The van der Waals surface area contributed by atoms with Crippen molar-refractivity contribution in [1.82, 2.24) is 57.5 Å². The maximum Gasteiger partial charge on any atom is 0.243 e. The highest BCUT2D eigenvalue weighted by Crippen LogP contribution is 2.28. The van der Waals surface area contributed by atoms with Crippen molar-refractivity contribution >= 4 is 70.0 Å². The summed E-state index contributed by atoms with van der Waals surface area (Å²) in [5, 5.41) is 22.5. The van der Waals surface area contributed by atoms with Crippen LogP contribution in [0.5, 0.6) is 0 Å². The van der Waals surface area contributed by atoms with Gasteiger partial charge < -0.3 is 69.7 Å². The average molecular weight is 1040 g/mol. The maximum absolute atomic E-state index is 14.8. The van der Waals surface area contributed by atoms with Crippen LogP contribution >= 0.6 is 0 Å². The third-order valence-corrected chi connectivity index (χ3v) is 12.8. The number of unbranched alkanes of at least 4 members (excludes halogenated alkanes) is 1. The second-order valence-corrected chi connectivity index (χ2v) is 18.6. The van der Waals surface area contributed by atoms with Crippen molar-refractivity contribution in [1.29, 1.82) is 0 Å². The van der Waals surface area contributed by atoms with Gasteiger partial charge in [0.15, 0.2) is 5.96 Å². The number of aliphatic imine (C=N–C) groups is 1. The fourth-order valence-corrected chi connectivity index (χ4v) is 8.71. The van der Waals surface area contributed by atoms with Gasteiger partial charge in [-0.3, -0.25) is 48.1 Å². The Morgan fingerprint density at radius 2 is 1.47 bits per heavy atom. The van der Waals surface area contributed by atoms with E-state index in [2.05, 4.69) is 62.5 Å². The SMILES string of the molecule is CCCC[C@H](NC(C)=O)C(=O)N[C@@H]1CC(=O)NCCCC[C@@H](C(N)=O)NC(=O)[C@@H]([C@@H](C)c2c[nH]c3ccccc23)NC(=O)[C@@H](CCCN=C(N)N)NC(=O)[C@@H](Cc2ccccc2)NC(=O)[C@@H](Cc2cnc[nH]2)NC1=O. The Balaban J connectivity index is 1.57. The summed E-state index contributed by atoms with van der Waals surface area (Å²) in [4.78, 5) is 140. The number of nitrogens with two attached hydrogens (primary N) is 3. The number of H-pyrrole nitrogens is 2. The Morgan fingerprint density at radius 1 is 0.787 bits per heavy atom. The molecule has 0 aliphatic carbocycles. The molecule has 1 fully saturated rings. The maximum atomic E-state index is 14.8. The molecule has 1 aliphatic rings. The van der Waals surface area contributed by atoms with Crippen molar-refractivity contribution in [3.63, 3.8) is 0 Å². The molecule has 1 aliphatic heterocycles. The van der Waals surface area contributed by atoms with Crippen LogP contribution in [-0.4, -0.2) is 129 Å². The van der Waals surface area contributed by atoms with Gasteiger partial charge in [-0.25, -0.2) is 4.98 Å². The lowest BCUT2D eigenvalue weighted by atomic mass is 9.91. The molecule has 24 nitrogen and oxygen atoms in total. The van der Waals surface area contributed by atoms with Crippen LogP contribution < -0.4 is 59.7 Å². The van der Waals surface area contributed by atoms with E-state index in [9.17, 15) is 43.2 Å². The van der Waals surface area contributed by atoms with E-state index in [0.717, 1.165) is 10.9 Å². The number of rotatable bonds is 17. The second-order valence-electron chi connectivity index (χ2n) is 18.6. The van der Waals surface area contributed by atoms with Crippen molar-refractivity contribution in [2.24, 2.45) is 22.2 Å². The largest absolute Gasteiger partial charge is 0.370 e. The molecule has 0 saturated carbocycles.